The number of hydrogen-bond donors (Lipinski definition) is 3. The van der Waals surface area contributed by atoms with Crippen molar-refractivity contribution in [2.75, 3.05) is 6.61 Å². The number of amides is 1. The normalized spacial score (nSPS) is 12.6. The molecule has 1 atom stereocenters. The maximum absolute atomic E-state index is 12.3. The molecule has 0 radical (unpaired) electrons. The first-order valence-electron chi connectivity index (χ1n) is 6.11. The SMILES string of the molecule is CC[C@H](CO)NC(=O)c1c(O)nc2scc(C)n2c1=O. The van der Waals surface area contributed by atoms with E-state index >= 15 is 0 Å². The summed E-state index contributed by atoms with van der Waals surface area (Å²) in [7, 11) is 0. The highest BCUT2D eigenvalue weighted by Crippen LogP contribution is 2.17. The van der Waals surface area contributed by atoms with E-state index in [1.54, 1.807) is 19.2 Å². The molecule has 0 saturated heterocycles. The van der Waals surface area contributed by atoms with Crippen molar-refractivity contribution in [2.45, 2.75) is 26.3 Å². The highest BCUT2D eigenvalue weighted by Gasteiger charge is 2.22. The summed E-state index contributed by atoms with van der Waals surface area (Å²) in [5, 5.41) is 23.1. The predicted octanol–water partition coefficient (Wildman–Crippen LogP) is 0.271. The molecule has 1 amide bonds. The van der Waals surface area contributed by atoms with E-state index < -0.39 is 29.0 Å². The van der Waals surface area contributed by atoms with Crippen LogP contribution >= 0.6 is 11.3 Å². The van der Waals surface area contributed by atoms with Gasteiger partial charge in [0.15, 0.2) is 10.5 Å². The second kappa shape index (κ2) is 5.59. The van der Waals surface area contributed by atoms with Gasteiger partial charge in [-0.25, -0.2) is 0 Å². The van der Waals surface area contributed by atoms with Crippen LogP contribution in [0.3, 0.4) is 0 Å². The minimum absolute atomic E-state index is 0.239. The molecule has 0 spiro atoms. The second-order valence-corrected chi connectivity index (χ2v) is 5.21. The van der Waals surface area contributed by atoms with Crippen LogP contribution in [0.2, 0.25) is 0 Å². The molecule has 0 aliphatic heterocycles. The Morgan fingerprint density at radius 3 is 2.90 bits per heavy atom. The van der Waals surface area contributed by atoms with Crippen molar-refractivity contribution in [2.24, 2.45) is 0 Å². The number of thiazole rings is 1. The van der Waals surface area contributed by atoms with Gasteiger partial charge in [0.1, 0.15) is 0 Å². The Morgan fingerprint density at radius 2 is 2.30 bits per heavy atom. The predicted molar refractivity (Wildman–Crippen MR) is 74.4 cm³/mol. The Hall–Kier alpha value is -1.93. The molecule has 0 fully saturated rings. The van der Waals surface area contributed by atoms with E-state index in [1.807, 2.05) is 0 Å². The standard InChI is InChI=1S/C12H15N3O4S/c1-3-7(4-16)13-9(17)8-10(18)14-12-15(11(8)19)6(2)5-20-12/h5,7,16,18H,3-4H2,1-2H3,(H,13,17)/t7-/m1/s1. The molecule has 0 unspecified atom stereocenters. The number of aryl methyl sites for hydroxylation is 1. The molecule has 7 nitrogen and oxygen atoms in total. The van der Waals surface area contributed by atoms with Crippen LogP contribution in [0.5, 0.6) is 5.88 Å². The van der Waals surface area contributed by atoms with E-state index in [0.717, 1.165) is 0 Å². The molecule has 0 aliphatic rings. The van der Waals surface area contributed by atoms with Gasteiger partial charge in [0.05, 0.1) is 12.6 Å². The fraction of sp³-hybridized carbons (Fsp3) is 0.417. The zero-order chi connectivity index (χ0) is 14.9. The van der Waals surface area contributed by atoms with Crippen LogP contribution in [-0.4, -0.2) is 38.2 Å². The van der Waals surface area contributed by atoms with Gasteiger partial charge in [0.25, 0.3) is 11.5 Å². The molecule has 2 aromatic rings. The van der Waals surface area contributed by atoms with Crippen molar-refractivity contribution in [3.05, 3.63) is 27.0 Å². The lowest BCUT2D eigenvalue weighted by Gasteiger charge is -2.14. The number of fused-ring (bicyclic) bond motifs is 1. The molecular formula is C12H15N3O4S. The summed E-state index contributed by atoms with van der Waals surface area (Å²) >= 11 is 1.21. The molecule has 3 N–H and O–H groups in total. The molecule has 8 heteroatoms. The van der Waals surface area contributed by atoms with Crippen LogP contribution in [0.1, 0.15) is 29.4 Å². The van der Waals surface area contributed by atoms with E-state index in [0.29, 0.717) is 17.1 Å². The number of rotatable bonds is 4. The summed E-state index contributed by atoms with van der Waals surface area (Å²) in [6.45, 7) is 3.27. The van der Waals surface area contributed by atoms with Gasteiger partial charge < -0.3 is 15.5 Å². The van der Waals surface area contributed by atoms with Gasteiger partial charge in [-0.05, 0) is 13.3 Å². The average Bonchev–Trinajstić information content (AvgIpc) is 2.77. The number of aromatic hydroxyl groups is 1. The van der Waals surface area contributed by atoms with E-state index in [4.69, 9.17) is 5.11 Å². The topological polar surface area (TPSA) is 104 Å². The van der Waals surface area contributed by atoms with Crippen LogP contribution in [0.4, 0.5) is 0 Å². The molecular weight excluding hydrogens is 282 g/mol. The molecule has 2 aromatic heterocycles. The van der Waals surface area contributed by atoms with Gasteiger partial charge in [-0.2, -0.15) is 4.98 Å². The number of nitrogens with zero attached hydrogens (tertiary/aromatic N) is 2. The van der Waals surface area contributed by atoms with Gasteiger partial charge in [-0.3, -0.25) is 14.0 Å². The number of aliphatic hydroxyl groups is 1. The molecule has 0 aliphatic carbocycles. The Labute approximate surface area is 118 Å². The number of carbonyl (C=O) groups is 1. The third kappa shape index (κ3) is 2.39. The highest BCUT2D eigenvalue weighted by atomic mass is 32.1. The first-order valence-corrected chi connectivity index (χ1v) is 6.99. The van der Waals surface area contributed by atoms with E-state index in [-0.39, 0.29) is 6.61 Å². The number of aromatic nitrogens is 2. The number of hydrogen-bond acceptors (Lipinski definition) is 6. The van der Waals surface area contributed by atoms with Gasteiger partial charge in [0, 0.05) is 11.1 Å². The molecule has 20 heavy (non-hydrogen) atoms. The van der Waals surface area contributed by atoms with Crippen molar-refractivity contribution in [3.8, 4) is 5.88 Å². The summed E-state index contributed by atoms with van der Waals surface area (Å²) in [6, 6.07) is -0.467. The van der Waals surface area contributed by atoms with Crippen LogP contribution in [-0.2, 0) is 0 Å². The zero-order valence-corrected chi connectivity index (χ0v) is 11.9. The Morgan fingerprint density at radius 1 is 1.60 bits per heavy atom. The lowest BCUT2D eigenvalue weighted by Crippen LogP contribution is -2.40. The highest BCUT2D eigenvalue weighted by molar-refractivity contribution is 7.15. The molecule has 108 valence electrons. The Bertz CT molecular complexity index is 703. The number of carbonyl (C=O) groups excluding carboxylic acids is 1. The van der Waals surface area contributed by atoms with Crippen LogP contribution < -0.4 is 10.9 Å². The van der Waals surface area contributed by atoms with Crippen LogP contribution in [0.25, 0.3) is 4.96 Å². The average molecular weight is 297 g/mol. The quantitative estimate of drug-likeness (QED) is 0.751. The monoisotopic (exact) mass is 297 g/mol. The number of aliphatic hydroxyl groups excluding tert-OH is 1. The lowest BCUT2D eigenvalue weighted by molar-refractivity contribution is 0.0909. The van der Waals surface area contributed by atoms with Gasteiger partial charge in [0.2, 0.25) is 5.88 Å². The summed E-state index contributed by atoms with van der Waals surface area (Å²) in [5.41, 5.74) is -0.377. The maximum atomic E-state index is 12.3. The minimum atomic E-state index is -0.735. The van der Waals surface area contributed by atoms with Crippen molar-refractivity contribution < 1.29 is 15.0 Å². The van der Waals surface area contributed by atoms with Gasteiger partial charge in [-0.15, -0.1) is 11.3 Å². The smallest absolute Gasteiger partial charge is 0.275 e. The molecule has 2 heterocycles. The Balaban J connectivity index is 2.51. The third-order valence-electron chi connectivity index (χ3n) is 3.00. The van der Waals surface area contributed by atoms with E-state index in [1.165, 1.54) is 15.7 Å². The minimum Gasteiger partial charge on any atom is -0.492 e. The molecule has 0 saturated carbocycles. The largest absolute Gasteiger partial charge is 0.492 e. The first kappa shape index (κ1) is 14.5. The molecule has 2 rings (SSSR count). The maximum Gasteiger partial charge on any atom is 0.275 e. The van der Waals surface area contributed by atoms with Crippen molar-refractivity contribution in [3.63, 3.8) is 0 Å². The summed E-state index contributed by atoms with van der Waals surface area (Å²) in [6.07, 6.45) is 0.511. The third-order valence-corrected chi connectivity index (χ3v) is 3.94. The summed E-state index contributed by atoms with van der Waals surface area (Å²) in [4.78, 5) is 28.5. The molecule has 0 aromatic carbocycles. The fourth-order valence-electron chi connectivity index (χ4n) is 1.80. The number of nitrogens with one attached hydrogen (secondary N) is 1. The van der Waals surface area contributed by atoms with Gasteiger partial charge in [-0.1, -0.05) is 6.92 Å². The lowest BCUT2D eigenvalue weighted by atomic mass is 10.2. The Kier molecular flexibility index (Phi) is 4.05. The van der Waals surface area contributed by atoms with Gasteiger partial charge >= 0.3 is 0 Å². The molecule has 0 bridgehead atoms. The summed E-state index contributed by atoms with van der Waals surface area (Å²) in [5.74, 6) is -1.33. The van der Waals surface area contributed by atoms with E-state index in [9.17, 15) is 14.7 Å². The zero-order valence-electron chi connectivity index (χ0n) is 11.1. The van der Waals surface area contributed by atoms with Crippen LogP contribution in [0, 0.1) is 6.92 Å². The second-order valence-electron chi connectivity index (χ2n) is 4.37. The summed E-state index contributed by atoms with van der Waals surface area (Å²) < 4.78 is 1.28. The van der Waals surface area contributed by atoms with Crippen LogP contribution in [0.15, 0.2) is 10.2 Å². The van der Waals surface area contributed by atoms with Crippen molar-refractivity contribution in [1.82, 2.24) is 14.7 Å². The van der Waals surface area contributed by atoms with Crippen molar-refractivity contribution >= 4 is 22.2 Å². The fourth-order valence-corrected chi connectivity index (χ4v) is 2.66. The van der Waals surface area contributed by atoms with E-state index in [2.05, 4.69) is 10.3 Å². The first-order chi connectivity index (χ1) is 9.49. The van der Waals surface area contributed by atoms with Crippen molar-refractivity contribution in [1.29, 1.82) is 0 Å².